The second-order valence-corrected chi connectivity index (χ2v) is 14.4. The fourth-order valence-electron chi connectivity index (χ4n) is 4.92. The van der Waals surface area contributed by atoms with Gasteiger partial charge < -0.3 is 34.1 Å². The van der Waals surface area contributed by atoms with Crippen LogP contribution in [0.2, 0.25) is 5.02 Å². The van der Waals surface area contributed by atoms with Crippen molar-refractivity contribution < 1.29 is 43.5 Å². The molecule has 0 radical (unpaired) electrons. The maximum Gasteiger partial charge on any atom is 0.409 e. The maximum absolute atomic E-state index is 13.7. The van der Waals surface area contributed by atoms with Crippen molar-refractivity contribution >= 4 is 47.0 Å². The smallest absolute Gasteiger partial charge is 0.409 e. The molecule has 1 unspecified atom stereocenters. The van der Waals surface area contributed by atoms with Crippen molar-refractivity contribution in [2.75, 3.05) is 52.6 Å². The van der Waals surface area contributed by atoms with E-state index in [4.69, 9.17) is 30.5 Å². The van der Waals surface area contributed by atoms with Crippen molar-refractivity contribution in [3.63, 3.8) is 0 Å². The molecule has 3 N–H and O–H groups in total. The molecule has 12 nitrogen and oxygen atoms in total. The Morgan fingerprint density at radius 2 is 1.90 bits per heavy atom. The molecule has 0 saturated carbocycles. The molecule has 2 aliphatic heterocycles. The topological polar surface area (TPSA) is 147 Å². The molecule has 2 aliphatic rings. The van der Waals surface area contributed by atoms with Crippen LogP contribution in [-0.2, 0) is 30.2 Å². The van der Waals surface area contributed by atoms with Gasteiger partial charge in [-0.2, -0.15) is 0 Å². The number of hydrogen-bond acceptors (Lipinski definition) is 11. The van der Waals surface area contributed by atoms with E-state index in [-0.39, 0.29) is 30.2 Å². The molecule has 1 saturated heterocycles. The van der Waals surface area contributed by atoms with Crippen LogP contribution >= 0.6 is 23.4 Å². The summed E-state index contributed by atoms with van der Waals surface area (Å²) in [4.78, 5) is 40.0. The third kappa shape index (κ3) is 12.1. The number of fused-ring (bicyclic) bond motifs is 4. The zero-order valence-corrected chi connectivity index (χ0v) is 30.9. The summed E-state index contributed by atoms with van der Waals surface area (Å²) in [6.07, 6.45) is 1.29. The predicted octanol–water partition coefficient (Wildman–Crippen LogP) is 4.46. The average Bonchev–Trinajstić information content (AvgIpc) is 2.96. The van der Waals surface area contributed by atoms with E-state index in [1.54, 1.807) is 50.3 Å². The molecule has 3 rings (SSSR count). The first-order chi connectivity index (χ1) is 22.3. The van der Waals surface area contributed by atoms with Crippen molar-refractivity contribution in [3.05, 3.63) is 58.7 Å². The second-order valence-electron chi connectivity index (χ2n) is 12.6. The lowest BCUT2D eigenvalue weighted by Crippen LogP contribution is -2.63. The number of anilines is 1. The Labute approximate surface area is 293 Å². The van der Waals surface area contributed by atoms with Gasteiger partial charge >= 0.3 is 12.1 Å². The SMILES string of the molecule is C=C(C)C.COc1cc2cc(c1Cl)N(C)C(=O)C[C@H](OC(=O)CN(C)C)[C@](C)(O)SCC1C[C@@](O)(NC(=O)O1)[C@H](OC)/C=C/C=C(\C)C2. The molecule has 2 amide bonds. The van der Waals surface area contributed by atoms with Crippen LogP contribution in [0, 0.1) is 0 Å². The molecular formula is C34H50ClN3O9S. The van der Waals surface area contributed by atoms with Gasteiger partial charge in [0, 0.05) is 26.3 Å². The van der Waals surface area contributed by atoms with E-state index in [9.17, 15) is 24.6 Å². The largest absolute Gasteiger partial charge is 0.495 e. The molecule has 1 fully saturated rings. The number of rotatable bonds is 5. The Bertz CT molecular complexity index is 1380. The van der Waals surface area contributed by atoms with Gasteiger partial charge in [-0.1, -0.05) is 41.0 Å². The number of carbonyl (C=O) groups is 3. The summed E-state index contributed by atoms with van der Waals surface area (Å²) < 4.78 is 22.1. The predicted molar refractivity (Wildman–Crippen MR) is 188 cm³/mol. The zero-order valence-electron chi connectivity index (χ0n) is 29.3. The monoisotopic (exact) mass is 711 g/mol. The minimum absolute atomic E-state index is 0.0126. The average molecular weight is 712 g/mol. The minimum Gasteiger partial charge on any atom is -0.495 e. The quantitative estimate of drug-likeness (QED) is 0.294. The van der Waals surface area contributed by atoms with Crippen LogP contribution in [0.3, 0.4) is 0 Å². The van der Waals surface area contributed by atoms with Gasteiger partial charge in [-0.25, -0.2) is 4.79 Å². The maximum atomic E-state index is 13.7. The van der Waals surface area contributed by atoms with Crippen molar-refractivity contribution in [2.24, 2.45) is 0 Å². The van der Waals surface area contributed by atoms with E-state index in [0.29, 0.717) is 17.9 Å². The minimum atomic E-state index is -1.81. The van der Waals surface area contributed by atoms with E-state index in [1.807, 2.05) is 26.8 Å². The lowest BCUT2D eigenvalue weighted by molar-refractivity contribution is -0.158. The Kier molecular flexibility index (Phi) is 15.5. The lowest BCUT2D eigenvalue weighted by Gasteiger charge is -2.41. The normalized spacial score (nSPS) is 28.6. The van der Waals surface area contributed by atoms with Gasteiger partial charge in [-0.05, 0) is 65.9 Å². The van der Waals surface area contributed by atoms with Crippen molar-refractivity contribution in [1.29, 1.82) is 0 Å². The summed E-state index contributed by atoms with van der Waals surface area (Å²) in [5.74, 6) is -0.739. The highest BCUT2D eigenvalue weighted by Gasteiger charge is 2.46. The van der Waals surface area contributed by atoms with E-state index < -0.39 is 46.9 Å². The molecule has 5 atom stereocenters. The molecular weight excluding hydrogens is 662 g/mol. The highest BCUT2D eigenvalue weighted by molar-refractivity contribution is 8.00. The number of methoxy groups -OCH3 is 2. The number of nitrogens with zero attached hydrogens (tertiary/aromatic N) is 2. The molecule has 48 heavy (non-hydrogen) atoms. The third-order valence-electron chi connectivity index (χ3n) is 7.28. The van der Waals surface area contributed by atoms with Gasteiger partial charge in [0.2, 0.25) is 5.91 Å². The van der Waals surface area contributed by atoms with Crippen LogP contribution in [0.5, 0.6) is 5.75 Å². The van der Waals surface area contributed by atoms with Crippen LogP contribution < -0.4 is 15.0 Å². The summed E-state index contributed by atoms with van der Waals surface area (Å²) in [6, 6.07) is 3.55. The molecule has 0 aliphatic carbocycles. The molecule has 0 spiro atoms. The number of allylic oxidation sites excluding steroid dienone is 4. The lowest BCUT2D eigenvalue weighted by atomic mass is 9.97. The van der Waals surface area contributed by atoms with Gasteiger partial charge in [0.25, 0.3) is 0 Å². The van der Waals surface area contributed by atoms with Gasteiger partial charge in [-0.15, -0.1) is 18.3 Å². The standard InChI is InChI=1S/C30H42ClN3O9S.C4H8/c1-18-9-8-10-23(41-7)30(39)15-20(42-28(37)32-30)17-44-29(2,38)24(43-26(36)16-33(3)4)14-25(35)34(5)21-12-19(11-18)13-22(40-6)27(21)31;1-4(2)3/h8-10,12-13,20,23-24,38-39H,11,14-17H2,1-7H3,(H,32,37);1H2,2-3H3/b10-8+,18-9+;/t20?,23-,24+,29-,30+;/m1./s1. The number of amides is 2. The Morgan fingerprint density at radius 1 is 1.25 bits per heavy atom. The molecule has 1 aromatic rings. The third-order valence-corrected chi connectivity index (χ3v) is 9.04. The van der Waals surface area contributed by atoms with Gasteiger partial charge in [0.1, 0.15) is 34.0 Å². The number of alkyl carbamates (subject to hydrolysis) is 1. The van der Waals surface area contributed by atoms with Crippen LogP contribution in [0.4, 0.5) is 10.5 Å². The number of benzene rings is 1. The molecule has 4 bridgehead atoms. The zero-order chi connectivity index (χ0) is 36.4. The summed E-state index contributed by atoms with van der Waals surface area (Å²) in [5, 5.41) is 25.7. The Morgan fingerprint density at radius 3 is 2.48 bits per heavy atom. The van der Waals surface area contributed by atoms with E-state index in [0.717, 1.165) is 22.9 Å². The number of aliphatic hydroxyl groups is 2. The number of nitrogens with one attached hydrogen (secondary N) is 1. The van der Waals surface area contributed by atoms with Gasteiger partial charge in [0.15, 0.2) is 5.72 Å². The van der Waals surface area contributed by atoms with Crippen molar-refractivity contribution in [1.82, 2.24) is 10.2 Å². The first-order valence-electron chi connectivity index (χ1n) is 15.3. The summed E-state index contributed by atoms with van der Waals surface area (Å²) in [5.41, 5.74) is 1.47. The number of esters is 1. The van der Waals surface area contributed by atoms with Crippen molar-refractivity contribution in [2.45, 2.75) is 75.9 Å². The summed E-state index contributed by atoms with van der Waals surface area (Å²) >= 11 is 7.57. The molecule has 14 heteroatoms. The van der Waals surface area contributed by atoms with E-state index >= 15 is 0 Å². The van der Waals surface area contributed by atoms with Crippen LogP contribution in [-0.4, -0.2) is 110 Å². The fraction of sp³-hybridized carbons (Fsp3) is 0.559. The Balaban J connectivity index is 0.00000189. The van der Waals surface area contributed by atoms with E-state index in [2.05, 4.69) is 11.9 Å². The number of hydrogen-bond donors (Lipinski definition) is 3. The molecule has 1 aromatic carbocycles. The molecule has 0 aromatic heterocycles. The van der Waals surface area contributed by atoms with Gasteiger partial charge in [-0.3, -0.25) is 19.8 Å². The second kappa shape index (κ2) is 18.1. The molecule has 268 valence electrons. The van der Waals surface area contributed by atoms with Crippen molar-refractivity contribution in [3.8, 4) is 5.75 Å². The summed E-state index contributed by atoms with van der Waals surface area (Å²) in [7, 11) is 7.81. The molecule has 2 heterocycles. The number of ether oxygens (including phenoxy) is 4. The fourth-order valence-corrected chi connectivity index (χ4v) is 6.26. The number of likely N-dealkylation sites (N-methyl/N-ethyl adjacent to an activating group) is 1. The number of halogens is 1. The first kappa shape index (κ1) is 41.1. The number of thioether (sulfide) groups is 1. The highest BCUT2D eigenvalue weighted by Crippen LogP contribution is 2.38. The highest BCUT2D eigenvalue weighted by atomic mass is 35.5. The Hall–Kier alpha value is -3.07. The van der Waals surface area contributed by atoms with Crippen LogP contribution in [0.15, 0.2) is 48.1 Å². The van der Waals surface area contributed by atoms with Crippen LogP contribution in [0.1, 0.15) is 46.1 Å². The first-order valence-corrected chi connectivity index (χ1v) is 16.7. The number of carbonyl (C=O) groups excluding carboxylic acids is 3. The van der Waals surface area contributed by atoms with E-state index in [1.165, 1.54) is 31.6 Å². The van der Waals surface area contributed by atoms with Gasteiger partial charge in [0.05, 0.1) is 25.8 Å². The summed E-state index contributed by atoms with van der Waals surface area (Å²) in [6.45, 7) is 10.8. The van der Waals surface area contributed by atoms with Crippen LogP contribution in [0.25, 0.3) is 0 Å².